The summed E-state index contributed by atoms with van der Waals surface area (Å²) in [4.78, 5) is 22.6. The maximum atomic E-state index is 11.7. The van der Waals surface area contributed by atoms with Gasteiger partial charge in [0.05, 0.1) is 0 Å². The summed E-state index contributed by atoms with van der Waals surface area (Å²) in [5.74, 6) is -1.06. The second kappa shape index (κ2) is 6.59. The third-order valence-corrected chi connectivity index (χ3v) is 2.98. The van der Waals surface area contributed by atoms with Gasteiger partial charge in [-0.05, 0) is 24.7 Å². The van der Waals surface area contributed by atoms with Crippen molar-refractivity contribution in [1.29, 1.82) is 0 Å². The number of carboxylic acids is 1. The summed E-state index contributed by atoms with van der Waals surface area (Å²) < 4.78 is 5.29. The fourth-order valence-corrected chi connectivity index (χ4v) is 1.98. The average molecular weight is 243 g/mol. The number of ether oxygens (including phenoxy) is 1. The Labute approximate surface area is 102 Å². The highest BCUT2D eigenvalue weighted by atomic mass is 16.5. The quantitative estimate of drug-likeness (QED) is 0.756. The predicted molar refractivity (Wildman–Crippen MR) is 62.6 cm³/mol. The standard InChI is InChI=1S/C12H21NO4/c1-8(2)11(12(15)16)13-10(14)6-9-4-3-5-17-7-9/h8-9,11H,3-7H2,1-2H3,(H,13,14)(H,15,16)/t9?,11-/m0/s1. The number of aliphatic carboxylic acids is 1. The van der Waals surface area contributed by atoms with E-state index >= 15 is 0 Å². The van der Waals surface area contributed by atoms with Crippen LogP contribution >= 0.6 is 0 Å². The van der Waals surface area contributed by atoms with Crippen molar-refractivity contribution in [2.75, 3.05) is 13.2 Å². The van der Waals surface area contributed by atoms with Crippen LogP contribution in [-0.2, 0) is 14.3 Å². The van der Waals surface area contributed by atoms with Gasteiger partial charge in [-0.2, -0.15) is 0 Å². The lowest BCUT2D eigenvalue weighted by Gasteiger charge is -2.23. The second-order valence-corrected chi connectivity index (χ2v) is 4.91. The molecule has 5 heteroatoms. The minimum absolute atomic E-state index is 0.112. The zero-order valence-electron chi connectivity index (χ0n) is 10.4. The van der Waals surface area contributed by atoms with Gasteiger partial charge in [-0.1, -0.05) is 13.8 Å². The van der Waals surface area contributed by atoms with Gasteiger partial charge < -0.3 is 15.2 Å². The Bertz CT molecular complexity index is 272. The van der Waals surface area contributed by atoms with Gasteiger partial charge in [0.25, 0.3) is 0 Å². The van der Waals surface area contributed by atoms with Gasteiger partial charge in [-0.25, -0.2) is 4.79 Å². The van der Waals surface area contributed by atoms with Gasteiger partial charge >= 0.3 is 5.97 Å². The van der Waals surface area contributed by atoms with E-state index in [0.29, 0.717) is 13.0 Å². The fourth-order valence-electron chi connectivity index (χ4n) is 1.98. The lowest BCUT2D eigenvalue weighted by Crippen LogP contribution is -2.45. The van der Waals surface area contributed by atoms with E-state index in [2.05, 4.69) is 5.32 Å². The lowest BCUT2D eigenvalue weighted by molar-refractivity contribution is -0.143. The fraction of sp³-hybridized carbons (Fsp3) is 0.833. The van der Waals surface area contributed by atoms with Crippen molar-refractivity contribution < 1.29 is 19.4 Å². The van der Waals surface area contributed by atoms with Gasteiger partial charge in [0.2, 0.25) is 5.91 Å². The Morgan fingerprint density at radius 2 is 2.18 bits per heavy atom. The molecule has 0 bridgehead atoms. The predicted octanol–water partition coefficient (Wildman–Crippen LogP) is 1.03. The Hall–Kier alpha value is -1.10. The third kappa shape index (κ3) is 4.73. The van der Waals surface area contributed by atoms with Gasteiger partial charge in [0, 0.05) is 19.6 Å². The van der Waals surface area contributed by atoms with Crippen LogP contribution in [0.15, 0.2) is 0 Å². The summed E-state index contributed by atoms with van der Waals surface area (Å²) in [7, 11) is 0. The van der Waals surface area contributed by atoms with Crippen molar-refractivity contribution in [3.05, 3.63) is 0 Å². The zero-order valence-corrected chi connectivity index (χ0v) is 10.4. The van der Waals surface area contributed by atoms with Crippen LogP contribution in [0.25, 0.3) is 0 Å². The van der Waals surface area contributed by atoms with Crippen LogP contribution in [0.2, 0.25) is 0 Å². The van der Waals surface area contributed by atoms with Crippen molar-refractivity contribution in [2.24, 2.45) is 11.8 Å². The molecule has 0 aromatic carbocycles. The van der Waals surface area contributed by atoms with Gasteiger partial charge in [-0.3, -0.25) is 4.79 Å². The number of carboxylic acid groups (broad SMARTS) is 1. The lowest BCUT2D eigenvalue weighted by atomic mass is 9.97. The van der Waals surface area contributed by atoms with E-state index in [1.54, 1.807) is 13.8 Å². The summed E-state index contributed by atoms with van der Waals surface area (Å²) in [6.07, 6.45) is 2.31. The molecule has 1 amide bonds. The van der Waals surface area contributed by atoms with Crippen LogP contribution in [0.5, 0.6) is 0 Å². The monoisotopic (exact) mass is 243 g/mol. The molecule has 5 nitrogen and oxygen atoms in total. The first-order valence-electron chi connectivity index (χ1n) is 6.10. The minimum Gasteiger partial charge on any atom is -0.480 e. The molecule has 1 unspecified atom stereocenters. The topological polar surface area (TPSA) is 75.6 Å². The average Bonchev–Trinajstić information content (AvgIpc) is 2.26. The van der Waals surface area contributed by atoms with Crippen LogP contribution < -0.4 is 5.32 Å². The van der Waals surface area contributed by atoms with E-state index in [0.717, 1.165) is 19.4 Å². The Balaban J connectivity index is 2.38. The number of hydrogen-bond donors (Lipinski definition) is 2. The van der Waals surface area contributed by atoms with Gasteiger partial charge in [0.1, 0.15) is 6.04 Å². The van der Waals surface area contributed by atoms with E-state index in [1.165, 1.54) is 0 Å². The maximum Gasteiger partial charge on any atom is 0.326 e. The van der Waals surface area contributed by atoms with E-state index < -0.39 is 12.0 Å². The molecule has 17 heavy (non-hydrogen) atoms. The summed E-state index contributed by atoms with van der Waals surface area (Å²) in [5.41, 5.74) is 0. The van der Waals surface area contributed by atoms with Crippen LogP contribution in [-0.4, -0.2) is 36.2 Å². The smallest absolute Gasteiger partial charge is 0.326 e. The zero-order chi connectivity index (χ0) is 12.8. The molecule has 1 heterocycles. The number of hydrogen-bond acceptors (Lipinski definition) is 3. The third-order valence-electron chi connectivity index (χ3n) is 2.98. The van der Waals surface area contributed by atoms with Crippen LogP contribution in [0.3, 0.4) is 0 Å². The Morgan fingerprint density at radius 1 is 1.47 bits per heavy atom. The van der Waals surface area contributed by atoms with Crippen molar-refractivity contribution >= 4 is 11.9 Å². The molecule has 0 aliphatic carbocycles. The SMILES string of the molecule is CC(C)[C@H](NC(=O)CC1CCCOC1)C(=O)O. The van der Waals surface area contributed by atoms with E-state index in [4.69, 9.17) is 9.84 Å². The number of rotatable bonds is 5. The van der Waals surface area contributed by atoms with Crippen LogP contribution in [0.1, 0.15) is 33.1 Å². The molecule has 98 valence electrons. The second-order valence-electron chi connectivity index (χ2n) is 4.91. The minimum atomic E-state index is -0.978. The van der Waals surface area contributed by atoms with Crippen molar-refractivity contribution in [3.8, 4) is 0 Å². The highest BCUT2D eigenvalue weighted by Crippen LogP contribution is 2.17. The molecule has 0 saturated carbocycles. The van der Waals surface area contributed by atoms with Crippen molar-refractivity contribution in [2.45, 2.75) is 39.2 Å². The molecular formula is C12H21NO4. The molecular weight excluding hydrogens is 222 g/mol. The Kier molecular flexibility index (Phi) is 5.41. The first kappa shape index (κ1) is 14.0. The summed E-state index contributed by atoms with van der Waals surface area (Å²) in [6.45, 7) is 4.93. The van der Waals surface area contributed by atoms with E-state index in [9.17, 15) is 9.59 Å². The number of carbonyl (C=O) groups excluding carboxylic acids is 1. The normalized spacial score (nSPS) is 22.2. The largest absolute Gasteiger partial charge is 0.480 e. The molecule has 0 aromatic rings. The number of nitrogens with one attached hydrogen (secondary N) is 1. The molecule has 0 spiro atoms. The van der Waals surface area contributed by atoms with E-state index in [1.807, 2.05) is 0 Å². The molecule has 1 fully saturated rings. The van der Waals surface area contributed by atoms with E-state index in [-0.39, 0.29) is 17.7 Å². The van der Waals surface area contributed by atoms with Crippen molar-refractivity contribution in [3.63, 3.8) is 0 Å². The molecule has 1 aliphatic heterocycles. The molecule has 2 atom stereocenters. The molecule has 1 rings (SSSR count). The molecule has 1 saturated heterocycles. The molecule has 1 aliphatic rings. The first-order valence-corrected chi connectivity index (χ1v) is 6.10. The Morgan fingerprint density at radius 3 is 2.65 bits per heavy atom. The molecule has 2 N–H and O–H groups in total. The summed E-state index contributed by atoms with van der Waals surface area (Å²) in [6, 6.07) is -0.799. The molecule has 0 aromatic heterocycles. The summed E-state index contributed by atoms with van der Waals surface area (Å²) in [5, 5.41) is 11.5. The molecule has 0 radical (unpaired) electrons. The van der Waals surface area contributed by atoms with Gasteiger partial charge in [0.15, 0.2) is 0 Å². The number of amides is 1. The first-order chi connectivity index (χ1) is 8.00. The van der Waals surface area contributed by atoms with Crippen molar-refractivity contribution in [1.82, 2.24) is 5.32 Å². The number of carbonyl (C=O) groups is 2. The summed E-state index contributed by atoms with van der Waals surface area (Å²) >= 11 is 0. The highest BCUT2D eigenvalue weighted by Gasteiger charge is 2.25. The van der Waals surface area contributed by atoms with Crippen LogP contribution in [0, 0.1) is 11.8 Å². The van der Waals surface area contributed by atoms with Crippen LogP contribution in [0.4, 0.5) is 0 Å². The van der Waals surface area contributed by atoms with Gasteiger partial charge in [-0.15, -0.1) is 0 Å². The highest BCUT2D eigenvalue weighted by molar-refractivity contribution is 5.83. The maximum absolute atomic E-state index is 11.7.